The van der Waals surface area contributed by atoms with Crippen molar-refractivity contribution < 1.29 is 0 Å². The molecule has 2 rings (SSSR count). The fourth-order valence-corrected chi connectivity index (χ4v) is 1.52. The van der Waals surface area contributed by atoms with E-state index in [1.807, 2.05) is 36.0 Å². The average molecular weight is 225 g/mol. The number of nitrogens with one attached hydrogen (secondary N) is 1. The second-order valence-electron chi connectivity index (χ2n) is 3.89. The molecule has 17 heavy (non-hydrogen) atoms. The van der Waals surface area contributed by atoms with E-state index in [2.05, 4.69) is 28.5 Å². The summed E-state index contributed by atoms with van der Waals surface area (Å²) in [5, 5.41) is 7.42. The molecule has 0 amide bonds. The summed E-state index contributed by atoms with van der Waals surface area (Å²) in [4.78, 5) is 0. The van der Waals surface area contributed by atoms with Gasteiger partial charge in [0.25, 0.3) is 0 Å². The van der Waals surface area contributed by atoms with Crippen LogP contribution in [0.15, 0.2) is 42.7 Å². The Bertz CT molecular complexity index is 491. The first-order chi connectivity index (χ1) is 8.29. The molecule has 3 heteroatoms. The standard InChI is InChI=1S/C14H15N3/c1-3-12(2)15-11-13-5-7-14(8-6-13)17-10-4-9-16-17/h1,4-10,12,15H,11H2,2H3. The smallest absolute Gasteiger partial charge is 0.0660 e. The zero-order chi connectivity index (χ0) is 12.1. The fraction of sp³-hybridized carbons (Fsp3) is 0.214. The van der Waals surface area contributed by atoms with E-state index in [-0.39, 0.29) is 6.04 Å². The Labute approximate surface area is 101 Å². The van der Waals surface area contributed by atoms with E-state index < -0.39 is 0 Å². The number of benzene rings is 1. The molecule has 1 aromatic heterocycles. The van der Waals surface area contributed by atoms with Crippen LogP contribution in [-0.4, -0.2) is 15.8 Å². The van der Waals surface area contributed by atoms with Gasteiger partial charge in [0.05, 0.1) is 11.7 Å². The second-order valence-corrected chi connectivity index (χ2v) is 3.89. The third-order valence-electron chi connectivity index (χ3n) is 2.57. The molecule has 0 spiro atoms. The van der Waals surface area contributed by atoms with Crippen LogP contribution < -0.4 is 5.32 Å². The molecule has 0 fully saturated rings. The van der Waals surface area contributed by atoms with Gasteiger partial charge >= 0.3 is 0 Å². The molecule has 86 valence electrons. The number of aromatic nitrogens is 2. The molecule has 0 aliphatic carbocycles. The molecule has 1 atom stereocenters. The van der Waals surface area contributed by atoms with Gasteiger partial charge in [-0.25, -0.2) is 4.68 Å². The van der Waals surface area contributed by atoms with Crippen LogP contribution in [0.2, 0.25) is 0 Å². The third kappa shape index (κ3) is 2.96. The zero-order valence-corrected chi connectivity index (χ0v) is 9.80. The van der Waals surface area contributed by atoms with E-state index in [4.69, 9.17) is 6.42 Å². The fourth-order valence-electron chi connectivity index (χ4n) is 1.52. The van der Waals surface area contributed by atoms with Crippen molar-refractivity contribution in [3.63, 3.8) is 0 Å². The highest BCUT2D eigenvalue weighted by Crippen LogP contribution is 2.08. The Morgan fingerprint density at radius 2 is 2.18 bits per heavy atom. The first-order valence-corrected chi connectivity index (χ1v) is 5.58. The van der Waals surface area contributed by atoms with Crippen molar-refractivity contribution in [3.05, 3.63) is 48.3 Å². The molecule has 0 saturated heterocycles. The predicted molar refractivity (Wildman–Crippen MR) is 68.7 cm³/mol. The Morgan fingerprint density at radius 3 is 2.76 bits per heavy atom. The van der Waals surface area contributed by atoms with E-state index in [0.29, 0.717) is 0 Å². The molecule has 1 N–H and O–H groups in total. The van der Waals surface area contributed by atoms with Crippen LogP contribution in [0.3, 0.4) is 0 Å². The zero-order valence-electron chi connectivity index (χ0n) is 9.80. The van der Waals surface area contributed by atoms with Gasteiger partial charge in [-0.2, -0.15) is 5.10 Å². The van der Waals surface area contributed by atoms with Crippen LogP contribution in [0.4, 0.5) is 0 Å². The Kier molecular flexibility index (Phi) is 3.59. The lowest BCUT2D eigenvalue weighted by atomic mass is 10.2. The lowest BCUT2D eigenvalue weighted by molar-refractivity contribution is 0.648. The van der Waals surface area contributed by atoms with Crippen molar-refractivity contribution in [1.29, 1.82) is 0 Å². The summed E-state index contributed by atoms with van der Waals surface area (Å²) >= 11 is 0. The maximum Gasteiger partial charge on any atom is 0.0660 e. The SMILES string of the molecule is C#CC(C)NCc1ccc(-n2cccn2)cc1. The summed E-state index contributed by atoms with van der Waals surface area (Å²) in [5.74, 6) is 2.64. The molecule has 1 aromatic carbocycles. The number of rotatable bonds is 4. The summed E-state index contributed by atoms with van der Waals surface area (Å²) in [6.07, 6.45) is 8.99. The molecule has 0 aliphatic heterocycles. The molecule has 0 saturated carbocycles. The van der Waals surface area contributed by atoms with Gasteiger partial charge in [0, 0.05) is 18.9 Å². The minimum Gasteiger partial charge on any atom is -0.300 e. The summed E-state index contributed by atoms with van der Waals surface area (Å²) in [6.45, 7) is 2.75. The highest BCUT2D eigenvalue weighted by Gasteiger charge is 1.98. The summed E-state index contributed by atoms with van der Waals surface area (Å²) in [5.41, 5.74) is 2.27. The molecule has 0 radical (unpaired) electrons. The van der Waals surface area contributed by atoms with Crippen molar-refractivity contribution in [2.24, 2.45) is 0 Å². The van der Waals surface area contributed by atoms with Crippen LogP contribution in [0.5, 0.6) is 0 Å². The molecular weight excluding hydrogens is 210 g/mol. The van der Waals surface area contributed by atoms with Gasteiger partial charge in [-0.3, -0.25) is 5.32 Å². The Morgan fingerprint density at radius 1 is 1.41 bits per heavy atom. The van der Waals surface area contributed by atoms with Crippen LogP contribution >= 0.6 is 0 Å². The highest BCUT2D eigenvalue weighted by molar-refractivity contribution is 5.33. The monoisotopic (exact) mass is 225 g/mol. The maximum absolute atomic E-state index is 5.30. The van der Waals surface area contributed by atoms with Gasteiger partial charge in [-0.15, -0.1) is 6.42 Å². The molecule has 3 nitrogen and oxygen atoms in total. The third-order valence-corrected chi connectivity index (χ3v) is 2.57. The highest BCUT2D eigenvalue weighted by atomic mass is 15.3. The predicted octanol–water partition coefficient (Wildman–Crippen LogP) is 1.98. The molecule has 1 unspecified atom stereocenters. The van der Waals surface area contributed by atoms with Gasteiger partial charge in [-0.1, -0.05) is 18.1 Å². The molecular formula is C14H15N3. The van der Waals surface area contributed by atoms with Crippen LogP contribution in [-0.2, 0) is 6.54 Å². The minimum atomic E-state index is 0.0980. The largest absolute Gasteiger partial charge is 0.300 e. The van der Waals surface area contributed by atoms with Crippen molar-refractivity contribution >= 4 is 0 Å². The topological polar surface area (TPSA) is 29.9 Å². The molecule has 0 bridgehead atoms. The van der Waals surface area contributed by atoms with E-state index in [1.165, 1.54) is 5.56 Å². The number of nitrogens with zero attached hydrogens (tertiary/aromatic N) is 2. The van der Waals surface area contributed by atoms with Crippen molar-refractivity contribution in [2.45, 2.75) is 19.5 Å². The van der Waals surface area contributed by atoms with Gasteiger partial charge in [0.1, 0.15) is 0 Å². The van der Waals surface area contributed by atoms with Gasteiger partial charge in [0.2, 0.25) is 0 Å². The molecule has 0 aliphatic rings. The van der Waals surface area contributed by atoms with Crippen LogP contribution in [0.25, 0.3) is 5.69 Å². The average Bonchev–Trinajstić information content (AvgIpc) is 2.90. The quantitative estimate of drug-likeness (QED) is 0.806. The summed E-state index contributed by atoms with van der Waals surface area (Å²) < 4.78 is 1.83. The van der Waals surface area contributed by atoms with E-state index >= 15 is 0 Å². The first-order valence-electron chi connectivity index (χ1n) is 5.58. The maximum atomic E-state index is 5.30. The van der Waals surface area contributed by atoms with Crippen molar-refractivity contribution in [2.75, 3.05) is 0 Å². The van der Waals surface area contributed by atoms with E-state index in [1.54, 1.807) is 6.20 Å². The second kappa shape index (κ2) is 5.33. The Hall–Kier alpha value is -2.05. The normalized spacial score (nSPS) is 12.0. The number of terminal acetylenes is 1. The molecule has 2 aromatic rings. The lowest BCUT2D eigenvalue weighted by Gasteiger charge is -2.08. The first kappa shape index (κ1) is 11.4. The summed E-state index contributed by atoms with van der Waals surface area (Å²) in [6, 6.07) is 10.3. The minimum absolute atomic E-state index is 0.0980. The van der Waals surface area contributed by atoms with Crippen LogP contribution in [0.1, 0.15) is 12.5 Å². The number of hydrogen-bond donors (Lipinski definition) is 1. The van der Waals surface area contributed by atoms with E-state index in [9.17, 15) is 0 Å². The summed E-state index contributed by atoms with van der Waals surface area (Å²) in [7, 11) is 0. The number of hydrogen-bond acceptors (Lipinski definition) is 2. The van der Waals surface area contributed by atoms with Gasteiger partial charge in [-0.05, 0) is 30.7 Å². The van der Waals surface area contributed by atoms with E-state index in [0.717, 1.165) is 12.2 Å². The van der Waals surface area contributed by atoms with Crippen molar-refractivity contribution in [3.8, 4) is 18.0 Å². The lowest BCUT2D eigenvalue weighted by Crippen LogP contribution is -2.23. The van der Waals surface area contributed by atoms with Crippen molar-refractivity contribution in [1.82, 2.24) is 15.1 Å². The van der Waals surface area contributed by atoms with Gasteiger partial charge in [0.15, 0.2) is 0 Å². The van der Waals surface area contributed by atoms with Crippen LogP contribution in [0, 0.1) is 12.3 Å². The molecule has 1 heterocycles. The Balaban J connectivity index is 2.02. The van der Waals surface area contributed by atoms with Gasteiger partial charge < -0.3 is 0 Å².